The summed E-state index contributed by atoms with van der Waals surface area (Å²) in [6.07, 6.45) is 1.51. The molecule has 0 aliphatic carbocycles. The molecule has 0 saturated heterocycles. The van der Waals surface area contributed by atoms with E-state index >= 15 is 0 Å². The van der Waals surface area contributed by atoms with E-state index in [1.807, 2.05) is 0 Å². The number of rotatable bonds is 9. The molecule has 0 unspecified atom stereocenters. The van der Waals surface area contributed by atoms with Gasteiger partial charge < -0.3 is 14.7 Å². The first-order valence-corrected chi connectivity index (χ1v) is 8.95. The topological polar surface area (TPSA) is 102 Å². The molecule has 132 valence electrons. The van der Waals surface area contributed by atoms with Gasteiger partial charge in [0.15, 0.2) is 15.6 Å². The number of hydrogen-bond donors (Lipinski definition) is 1. The Morgan fingerprint density at radius 1 is 1.46 bits per heavy atom. The SMILES string of the molecule is C=CCO/N=C(/C)COc1c(S(=O)(=O)CC)ccc(C(=O)O)c1Cl. The van der Waals surface area contributed by atoms with Gasteiger partial charge in [-0.2, -0.15) is 0 Å². The van der Waals surface area contributed by atoms with E-state index in [1.54, 1.807) is 6.92 Å². The number of sulfone groups is 1. The van der Waals surface area contributed by atoms with Gasteiger partial charge in [0.05, 0.1) is 22.1 Å². The van der Waals surface area contributed by atoms with Crippen molar-refractivity contribution in [2.45, 2.75) is 18.7 Å². The quantitative estimate of drug-likeness (QED) is 0.308. The molecular weight excluding hydrogens is 358 g/mol. The Labute approximate surface area is 145 Å². The van der Waals surface area contributed by atoms with Crippen molar-refractivity contribution in [1.82, 2.24) is 0 Å². The van der Waals surface area contributed by atoms with Crippen molar-refractivity contribution in [3.05, 3.63) is 35.4 Å². The number of aromatic carboxylic acids is 1. The lowest BCUT2D eigenvalue weighted by molar-refractivity contribution is 0.0696. The molecule has 24 heavy (non-hydrogen) atoms. The summed E-state index contributed by atoms with van der Waals surface area (Å²) in [7, 11) is -3.65. The molecule has 0 fully saturated rings. The van der Waals surface area contributed by atoms with Crippen LogP contribution in [0.1, 0.15) is 24.2 Å². The molecular formula is C15H18ClNO6S. The minimum atomic E-state index is -3.65. The zero-order valence-corrected chi connectivity index (χ0v) is 14.9. The Kier molecular flexibility index (Phi) is 7.24. The third-order valence-electron chi connectivity index (χ3n) is 2.84. The van der Waals surface area contributed by atoms with Crippen LogP contribution in [0, 0.1) is 0 Å². The maximum Gasteiger partial charge on any atom is 0.337 e. The Bertz CT molecular complexity index is 757. The zero-order valence-electron chi connectivity index (χ0n) is 13.3. The summed E-state index contributed by atoms with van der Waals surface area (Å²) in [6.45, 7) is 6.63. The van der Waals surface area contributed by atoms with Crippen LogP contribution in [0.5, 0.6) is 5.75 Å². The predicted octanol–water partition coefficient (Wildman–Crippen LogP) is 2.79. The number of halogens is 1. The average molecular weight is 376 g/mol. The highest BCUT2D eigenvalue weighted by Gasteiger charge is 2.24. The lowest BCUT2D eigenvalue weighted by atomic mass is 10.2. The summed E-state index contributed by atoms with van der Waals surface area (Å²) >= 11 is 6.03. The number of oxime groups is 1. The molecule has 0 radical (unpaired) electrons. The van der Waals surface area contributed by atoms with Crippen molar-refractivity contribution in [3.8, 4) is 5.75 Å². The largest absolute Gasteiger partial charge is 0.485 e. The van der Waals surface area contributed by atoms with E-state index in [0.717, 1.165) is 6.07 Å². The minimum Gasteiger partial charge on any atom is -0.485 e. The highest BCUT2D eigenvalue weighted by atomic mass is 35.5. The summed E-state index contributed by atoms with van der Waals surface area (Å²) in [5.74, 6) is -1.68. The molecule has 0 saturated carbocycles. The van der Waals surface area contributed by atoms with E-state index in [4.69, 9.17) is 26.3 Å². The summed E-state index contributed by atoms with van der Waals surface area (Å²) in [5.41, 5.74) is 0.160. The molecule has 1 aromatic rings. The molecule has 0 heterocycles. The second-order valence-corrected chi connectivity index (χ2v) is 7.29. The van der Waals surface area contributed by atoms with Gasteiger partial charge in [-0.25, -0.2) is 13.2 Å². The van der Waals surface area contributed by atoms with Gasteiger partial charge in [0.1, 0.15) is 18.1 Å². The maximum atomic E-state index is 12.2. The number of carboxylic acid groups (broad SMARTS) is 1. The third kappa shape index (κ3) is 4.97. The van der Waals surface area contributed by atoms with Crippen LogP contribution in [0.3, 0.4) is 0 Å². The Morgan fingerprint density at radius 3 is 2.67 bits per heavy atom. The fraction of sp³-hybridized carbons (Fsp3) is 0.333. The van der Waals surface area contributed by atoms with Crippen molar-refractivity contribution >= 4 is 33.1 Å². The van der Waals surface area contributed by atoms with Crippen molar-refractivity contribution in [2.24, 2.45) is 5.16 Å². The molecule has 1 N–H and O–H groups in total. The minimum absolute atomic E-state index is 0.119. The van der Waals surface area contributed by atoms with Crippen LogP contribution in [-0.4, -0.2) is 44.2 Å². The predicted molar refractivity (Wildman–Crippen MR) is 90.9 cm³/mol. The summed E-state index contributed by atoms with van der Waals surface area (Å²) in [6, 6.07) is 2.30. The molecule has 0 aliphatic rings. The number of nitrogens with zero attached hydrogens (tertiary/aromatic N) is 1. The van der Waals surface area contributed by atoms with E-state index in [-0.39, 0.29) is 40.2 Å². The van der Waals surface area contributed by atoms with Crippen LogP contribution < -0.4 is 4.74 Å². The lowest BCUT2D eigenvalue weighted by Gasteiger charge is -2.14. The van der Waals surface area contributed by atoms with Gasteiger partial charge in [0.2, 0.25) is 0 Å². The first-order chi connectivity index (χ1) is 11.2. The van der Waals surface area contributed by atoms with Gasteiger partial charge in [-0.3, -0.25) is 0 Å². The highest BCUT2D eigenvalue weighted by molar-refractivity contribution is 7.91. The summed E-state index contributed by atoms with van der Waals surface area (Å²) < 4.78 is 29.7. The van der Waals surface area contributed by atoms with Gasteiger partial charge in [0, 0.05) is 0 Å². The standard InChI is InChI=1S/C15H18ClNO6S/c1-4-8-23-17-10(3)9-22-14-12(24(20,21)5-2)7-6-11(13(14)16)15(18)19/h4,6-7H,1,5,8-9H2,2-3H3,(H,18,19)/b17-10-. The first kappa shape index (κ1) is 20.0. The molecule has 0 aliphatic heterocycles. The Balaban J connectivity index is 3.22. The van der Waals surface area contributed by atoms with E-state index < -0.39 is 15.8 Å². The third-order valence-corrected chi connectivity index (χ3v) is 4.97. The van der Waals surface area contributed by atoms with Crippen LogP contribution in [0.2, 0.25) is 5.02 Å². The van der Waals surface area contributed by atoms with E-state index in [9.17, 15) is 13.2 Å². The van der Waals surface area contributed by atoms with Crippen LogP contribution in [-0.2, 0) is 14.7 Å². The van der Waals surface area contributed by atoms with E-state index in [1.165, 1.54) is 19.1 Å². The molecule has 1 aromatic carbocycles. The maximum absolute atomic E-state index is 12.2. The van der Waals surface area contributed by atoms with Gasteiger partial charge >= 0.3 is 5.97 Å². The molecule has 0 bridgehead atoms. The fourth-order valence-corrected chi connectivity index (χ4v) is 3.03. The summed E-state index contributed by atoms with van der Waals surface area (Å²) in [5, 5.41) is 12.6. The van der Waals surface area contributed by atoms with Crippen molar-refractivity contribution in [3.63, 3.8) is 0 Å². The number of carbonyl (C=O) groups is 1. The van der Waals surface area contributed by atoms with E-state index in [0.29, 0.717) is 5.71 Å². The number of ether oxygens (including phenoxy) is 1. The molecule has 0 spiro atoms. The van der Waals surface area contributed by atoms with Crippen LogP contribution in [0.15, 0.2) is 34.8 Å². The monoisotopic (exact) mass is 375 g/mol. The van der Waals surface area contributed by atoms with Crippen molar-refractivity contribution < 1.29 is 27.9 Å². The zero-order chi connectivity index (χ0) is 18.3. The highest BCUT2D eigenvalue weighted by Crippen LogP contribution is 2.35. The molecule has 7 nitrogen and oxygen atoms in total. The molecule has 1 rings (SSSR count). The van der Waals surface area contributed by atoms with Gasteiger partial charge in [0.25, 0.3) is 0 Å². The van der Waals surface area contributed by atoms with Gasteiger partial charge in [-0.05, 0) is 19.1 Å². The fourth-order valence-electron chi connectivity index (χ4n) is 1.64. The summed E-state index contributed by atoms with van der Waals surface area (Å²) in [4.78, 5) is 15.9. The molecule has 0 atom stereocenters. The number of benzene rings is 1. The Morgan fingerprint density at radius 2 is 2.12 bits per heavy atom. The molecule has 0 aromatic heterocycles. The first-order valence-electron chi connectivity index (χ1n) is 6.92. The van der Waals surface area contributed by atoms with Crippen LogP contribution in [0.4, 0.5) is 0 Å². The second-order valence-electron chi connectivity index (χ2n) is 4.66. The van der Waals surface area contributed by atoms with E-state index in [2.05, 4.69) is 11.7 Å². The second kappa shape index (κ2) is 8.70. The van der Waals surface area contributed by atoms with Crippen molar-refractivity contribution in [1.29, 1.82) is 0 Å². The van der Waals surface area contributed by atoms with Crippen molar-refractivity contribution in [2.75, 3.05) is 19.0 Å². The average Bonchev–Trinajstić information content (AvgIpc) is 2.53. The van der Waals surface area contributed by atoms with Crippen LogP contribution >= 0.6 is 11.6 Å². The molecule has 9 heteroatoms. The smallest absolute Gasteiger partial charge is 0.337 e. The van der Waals surface area contributed by atoms with Gasteiger partial charge in [-0.15, -0.1) is 0 Å². The van der Waals surface area contributed by atoms with Crippen LogP contribution in [0.25, 0.3) is 0 Å². The van der Waals surface area contributed by atoms with Gasteiger partial charge in [-0.1, -0.05) is 36.3 Å². The number of hydrogen-bond acceptors (Lipinski definition) is 6. The number of carboxylic acids is 1. The normalized spacial score (nSPS) is 11.9. The lowest BCUT2D eigenvalue weighted by Crippen LogP contribution is -2.14. The molecule has 0 amide bonds. The Hall–Kier alpha value is -2.06.